The van der Waals surface area contributed by atoms with Crippen LogP contribution >= 0.6 is 0 Å². The zero-order valence-corrected chi connectivity index (χ0v) is 15.0. The molecule has 8 nitrogen and oxygen atoms in total. The van der Waals surface area contributed by atoms with E-state index in [-0.39, 0.29) is 24.3 Å². The number of rotatable bonds is 5. The number of carbonyl (C=O) groups excluding carboxylic acids is 2. The second kappa shape index (κ2) is 8.09. The maximum atomic E-state index is 12.4. The minimum atomic E-state index is -0.145. The molecule has 2 N–H and O–H groups in total. The van der Waals surface area contributed by atoms with Crippen molar-refractivity contribution in [3.63, 3.8) is 0 Å². The van der Waals surface area contributed by atoms with E-state index in [1.807, 2.05) is 17.9 Å². The van der Waals surface area contributed by atoms with E-state index >= 15 is 0 Å². The molecule has 0 radical (unpaired) electrons. The molecule has 0 bridgehead atoms. The summed E-state index contributed by atoms with van der Waals surface area (Å²) < 4.78 is 4.98. The molecule has 1 saturated heterocycles. The number of pyridine rings is 1. The molecule has 0 aromatic carbocycles. The van der Waals surface area contributed by atoms with Gasteiger partial charge in [0, 0.05) is 18.2 Å². The first-order valence-electron chi connectivity index (χ1n) is 8.68. The molecule has 1 aliphatic rings. The standard InChI is InChI=1S/C18H23N5O3/c1-12-3-4-15(19-10-12)20-18(25)14-5-7-23(8-6-14)11-16(24)21-17-9-13(2)22-26-17/h3-4,9-10,14H,5-8,11H2,1-2H3,(H,21,24)(H,19,20,25). The van der Waals surface area contributed by atoms with E-state index in [4.69, 9.17) is 4.52 Å². The summed E-state index contributed by atoms with van der Waals surface area (Å²) in [6.07, 6.45) is 3.16. The van der Waals surface area contributed by atoms with Crippen molar-refractivity contribution in [1.82, 2.24) is 15.0 Å². The van der Waals surface area contributed by atoms with Crippen molar-refractivity contribution in [1.29, 1.82) is 0 Å². The van der Waals surface area contributed by atoms with Crippen LogP contribution in [0.3, 0.4) is 0 Å². The quantitative estimate of drug-likeness (QED) is 0.849. The fourth-order valence-electron chi connectivity index (χ4n) is 2.93. The Balaban J connectivity index is 1.42. The summed E-state index contributed by atoms with van der Waals surface area (Å²) in [5.74, 6) is 0.710. The predicted molar refractivity (Wildman–Crippen MR) is 96.6 cm³/mol. The topological polar surface area (TPSA) is 100 Å². The van der Waals surface area contributed by atoms with Crippen molar-refractivity contribution in [2.45, 2.75) is 26.7 Å². The average molecular weight is 357 g/mol. The van der Waals surface area contributed by atoms with Crippen molar-refractivity contribution < 1.29 is 14.1 Å². The predicted octanol–water partition coefficient (Wildman–Crippen LogP) is 1.98. The summed E-state index contributed by atoms with van der Waals surface area (Å²) in [7, 11) is 0. The van der Waals surface area contributed by atoms with Gasteiger partial charge in [0.25, 0.3) is 0 Å². The number of nitrogens with zero attached hydrogens (tertiary/aromatic N) is 3. The first-order chi connectivity index (χ1) is 12.5. The van der Waals surface area contributed by atoms with E-state index in [0.717, 1.165) is 11.3 Å². The van der Waals surface area contributed by atoms with E-state index in [2.05, 4.69) is 20.8 Å². The molecular formula is C18H23N5O3. The number of aryl methyl sites for hydroxylation is 2. The van der Waals surface area contributed by atoms with Gasteiger partial charge in [0.1, 0.15) is 5.82 Å². The highest BCUT2D eigenvalue weighted by atomic mass is 16.5. The van der Waals surface area contributed by atoms with Gasteiger partial charge >= 0.3 is 0 Å². The van der Waals surface area contributed by atoms with Crippen LogP contribution in [0.25, 0.3) is 0 Å². The molecule has 3 heterocycles. The van der Waals surface area contributed by atoms with Gasteiger partial charge in [-0.25, -0.2) is 4.98 Å². The highest BCUT2D eigenvalue weighted by Crippen LogP contribution is 2.19. The van der Waals surface area contributed by atoms with Gasteiger partial charge in [-0.15, -0.1) is 0 Å². The highest BCUT2D eigenvalue weighted by Gasteiger charge is 2.26. The number of nitrogens with one attached hydrogen (secondary N) is 2. The lowest BCUT2D eigenvalue weighted by molar-refractivity contribution is -0.121. The Labute approximate surface area is 151 Å². The third kappa shape index (κ3) is 4.89. The average Bonchev–Trinajstić information content (AvgIpc) is 3.02. The van der Waals surface area contributed by atoms with E-state index in [0.29, 0.717) is 37.6 Å². The Bertz CT molecular complexity index is 763. The highest BCUT2D eigenvalue weighted by molar-refractivity contribution is 5.92. The molecule has 0 saturated carbocycles. The third-order valence-corrected chi connectivity index (χ3v) is 4.38. The third-order valence-electron chi connectivity index (χ3n) is 4.38. The van der Waals surface area contributed by atoms with Crippen molar-refractivity contribution >= 4 is 23.5 Å². The zero-order chi connectivity index (χ0) is 18.5. The van der Waals surface area contributed by atoms with E-state index < -0.39 is 0 Å². The van der Waals surface area contributed by atoms with Gasteiger partial charge in [-0.3, -0.25) is 19.8 Å². The van der Waals surface area contributed by atoms with Crippen LogP contribution in [0.1, 0.15) is 24.1 Å². The molecule has 3 rings (SSSR count). The summed E-state index contributed by atoms with van der Waals surface area (Å²) >= 11 is 0. The molecular weight excluding hydrogens is 334 g/mol. The fraction of sp³-hybridized carbons (Fsp3) is 0.444. The summed E-state index contributed by atoms with van der Waals surface area (Å²) in [6, 6.07) is 5.39. The van der Waals surface area contributed by atoms with Crippen molar-refractivity contribution in [2.24, 2.45) is 5.92 Å². The molecule has 0 spiro atoms. The molecule has 1 aliphatic heterocycles. The molecule has 26 heavy (non-hydrogen) atoms. The zero-order valence-electron chi connectivity index (χ0n) is 15.0. The molecule has 8 heteroatoms. The van der Waals surface area contributed by atoms with Crippen molar-refractivity contribution in [2.75, 3.05) is 30.3 Å². The molecule has 2 amide bonds. The summed E-state index contributed by atoms with van der Waals surface area (Å²) in [6.45, 7) is 5.41. The number of carbonyl (C=O) groups is 2. The molecule has 1 fully saturated rings. The Morgan fingerprint density at radius 1 is 1.23 bits per heavy atom. The minimum Gasteiger partial charge on any atom is -0.338 e. The van der Waals surface area contributed by atoms with Gasteiger partial charge in [-0.1, -0.05) is 11.2 Å². The molecule has 138 valence electrons. The van der Waals surface area contributed by atoms with Crippen molar-refractivity contribution in [3.8, 4) is 0 Å². The van der Waals surface area contributed by atoms with Gasteiger partial charge in [0.15, 0.2) is 0 Å². The summed E-state index contributed by atoms with van der Waals surface area (Å²) in [4.78, 5) is 30.6. The molecule has 0 aliphatic carbocycles. The SMILES string of the molecule is Cc1ccc(NC(=O)C2CCN(CC(=O)Nc3cc(C)no3)CC2)nc1. The molecule has 2 aromatic rings. The number of anilines is 2. The van der Waals surface area contributed by atoms with Crippen molar-refractivity contribution in [3.05, 3.63) is 35.7 Å². The van der Waals surface area contributed by atoms with Gasteiger partial charge in [0.05, 0.1) is 12.2 Å². The van der Waals surface area contributed by atoms with Crippen LogP contribution in [0.15, 0.2) is 28.9 Å². The molecule has 0 unspecified atom stereocenters. The smallest absolute Gasteiger partial charge is 0.240 e. The van der Waals surface area contributed by atoms with Crippen LogP contribution in [-0.2, 0) is 9.59 Å². The van der Waals surface area contributed by atoms with E-state index in [9.17, 15) is 9.59 Å². The van der Waals surface area contributed by atoms with E-state index in [1.165, 1.54) is 0 Å². The summed E-state index contributed by atoms with van der Waals surface area (Å²) in [5, 5.41) is 9.28. The van der Waals surface area contributed by atoms with Gasteiger partial charge in [0.2, 0.25) is 17.7 Å². The van der Waals surface area contributed by atoms with Crippen LogP contribution in [0.2, 0.25) is 0 Å². The van der Waals surface area contributed by atoms with Crippen LogP contribution in [-0.4, -0.2) is 46.5 Å². The lowest BCUT2D eigenvalue weighted by Gasteiger charge is -2.30. The van der Waals surface area contributed by atoms with Crippen LogP contribution < -0.4 is 10.6 Å². The maximum absolute atomic E-state index is 12.4. The number of likely N-dealkylation sites (tertiary alicyclic amines) is 1. The molecule has 2 aromatic heterocycles. The fourth-order valence-corrected chi connectivity index (χ4v) is 2.93. The number of hydrogen-bond acceptors (Lipinski definition) is 6. The maximum Gasteiger partial charge on any atom is 0.240 e. The minimum absolute atomic E-state index is 0.0115. The Hall–Kier alpha value is -2.74. The van der Waals surface area contributed by atoms with Crippen LogP contribution in [0.5, 0.6) is 0 Å². The van der Waals surface area contributed by atoms with Gasteiger partial charge in [-0.2, -0.15) is 0 Å². The van der Waals surface area contributed by atoms with Gasteiger partial charge < -0.3 is 9.84 Å². The normalized spacial score (nSPS) is 15.6. The largest absolute Gasteiger partial charge is 0.338 e. The van der Waals surface area contributed by atoms with E-state index in [1.54, 1.807) is 25.3 Å². The Morgan fingerprint density at radius 2 is 2.00 bits per heavy atom. The second-order valence-electron chi connectivity index (χ2n) is 6.64. The van der Waals surface area contributed by atoms with Crippen LogP contribution in [0, 0.1) is 19.8 Å². The number of amides is 2. The Kier molecular flexibility index (Phi) is 5.62. The number of aromatic nitrogens is 2. The summed E-state index contributed by atoms with van der Waals surface area (Å²) in [5.41, 5.74) is 1.77. The lowest BCUT2D eigenvalue weighted by Crippen LogP contribution is -2.41. The monoisotopic (exact) mass is 357 g/mol. The first kappa shape index (κ1) is 18.1. The van der Waals surface area contributed by atoms with Crippen LogP contribution in [0.4, 0.5) is 11.7 Å². The lowest BCUT2D eigenvalue weighted by atomic mass is 9.96. The first-order valence-corrected chi connectivity index (χ1v) is 8.68. The Morgan fingerprint density at radius 3 is 2.62 bits per heavy atom. The number of piperidine rings is 1. The van der Waals surface area contributed by atoms with Gasteiger partial charge in [-0.05, 0) is 51.4 Å². The second-order valence-corrected chi connectivity index (χ2v) is 6.64. The molecule has 0 atom stereocenters. The number of hydrogen-bond donors (Lipinski definition) is 2.